The lowest BCUT2D eigenvalue weighted by Crippen LogP contribution is -2.18. The number of rotatable bonds is 0. The fourth-order valence-corrected chi connectivity index (χ4v) is 2.78. The standard InChI is InChI=1S/C13H9BN2O/c14-7-1-2-9-8(5-7)11-10(6-15-9)16-12(17)13(11)3-4-13/h1-2,5-6H,3-4H2,(H,16,17). The second kappa shape index (κ2) is 2.70. The minimum atomic E-state index is -0.287. The van der Waals surface area contributed by atoms with Gasteiger partial charge in [-0.3, -0.25) is 9.78 Å². The van der Waals surface area contributed by atoms with Crippen LogP contribution in [0.3, 0.4) is 0 Å². The second-order valence-electron chi connectivity index (χ2n) is 4.86. The number of fused-ring (bicyclic) bond motifs is 4. The highest BCUT2D eigenvalue weighted by molar-refractivity contribution is 6.33. The zero-order valence-corrected chi connectivity index (χ0v) is 9.16. The van der Waals surface area contributed by atoms with E-state index in [1.165, 1.54) is 0 Å². The number of anilines is 1. The van der Waals surface area contributed by atoms with Crippen LogP contribution in [0, 0.1) is 0 Å². The average Bonchev–Trinajstić information content (AvgIpc) is 3.03. The Bertz CT molecular complexity index is 676. The highest BCUT2D eigenvalue weighted by Gasteiger charge is 2.57. The Morgan fingerprint density at radius 1 is 1.35 bits per heavy atom. The van der Waals surface area contributed by atoms with Gasteiger partial charge in [-0.2, -0.15) is 0 Å². The van der Waals surface area contributed by atoms with E-state index in [0.29, 0.717) is 5.46 Å². The fourth-order valence-electron chi connectivity index (χ4n) is 2.78. The first-order chi connectivity index (χ1) is 8.21. The molecule has 1 aromatic heterocycles. The maximum atomic E-state index is 12.0. The largest absolute Gasteiger partial charge is 0.324 e. The minimum Gasteiger partial charge on any atom is -0.324 e. The highest BCUT2D eigenvalue weighted by Crippen LogP contribution is 2.56. The third-order valence-electron chi connectivity index (χ3n) is 3.80. The van der Waals surface area contributed by atoms with Crippen LogP contribution in [0.1, 0.15) is 18.4 Å². The van der Waals surface area contributed by atoms with Gasteiger partial charge in [-0.05, 0) is 18.9 Å². The normalized spacial score (nSPS) is 19.4. The number of hydrogen-bond acceptors (Lipinski definition) is 2. The maximum Gasteiger partial charge on any atom is 0.235 e. The van der Waals surface area contributed by atoms with Gasteiger partial charge in [0.15, 0.2) is 0 Å². The summed E-state index contributed by atoms with van der Waals surface area (Å²) in [5.41, 5.74) is 3.28. The van der Waals surface area contributed by atoms with Crippen LogP contribution in [-0.4, -0.2) is 18.7 Å². The Kier molecular flexibility index (Phi) is 1.46. The van der Waals surface area contributed by atoms with Crippen molar-refractivity contribution in [2.45, 2.75) is 18.3 Å². The van der Waals surface area contributed by atoms with E-state index in [0.717, 1.165) is 35.0 Å². The quantitative estimate of drug-likeness (QED) is 0.673. The summed E-state index contributed by atoms with van der Waals surface area (Å²) in [7, 11) is 5.83. The van der Waals surface area contributed by atoms with Gasteiger partial charge in [0.1, 0.15) is 7.85 Å². The molecule has 4 rings (SSSR count). The molecule has 3 nitrogen and oxygen atoms in total. The smallest absolute Gasteiger partial charge is 0.235 e. The van der Waals surface area contributed by atoms with Crippen molar-refractivity contribution < 1.29 is 4.79 Å². The van der Waals surface area contributed by atoms with Crippen molar-refractivity contribution in [1.82, 2.24) is 4.98 Å². The Labute approximate surface area is 99.6 Å². The van der Waals surface area contributed by atoms with Crippen LogP contribution in [0.5, 0.6) is 0 Å². The van der Waals surface area contributed by atoms with E-state index in [-0.39, 0.29) is 11.3 Å². The van der Waals surface area contributed by atoms with E-state index in [9.17, 15) is 4.79 Å². The molecule has 80 valence electrons. The van der Waals surface area contributed by atoms with Crippen molar-refractivity contribution in [1.29, 1.82) is 0 Å². The second-order valence-corrected chi connectivity index (χ2v) is 4.86. The SMILES string of the molecule is [B]c1ccc2ncc3c(c2c1)C1(CC1)C(=O)N3. The molecule has 1 fully saturated rings. The number of amides is 1. The number of nitrogens with zero attached hydrogens (tertiary/aromatic N) is 1. The zero-order chi connectivity index (χ0) is 11.6. The molecular formula is C13H9BN2O. The van der Waals surface area contributed by atoms with Gasteiger partial charge in [0.05, 0.1) is 22.8 Å². The number of aromatic nitrogens is 1. The van der Waals surface area contributed by atoms with Crippen molar-refractivity contribution in [3.63, 3.8) is 0 Å². The molecule has 2 radical (unpaired) electrons. The van der Waals surface area contributed by atoms with Crippen LogP contribution in [0.4, 0.5) is 5.69 Å². The van der Waals surface area contributed by atoms with Crippen LogP contribution in [0.2, 0.25) is 0 Å². The molecule has 2 aliphatic rings. The third-order valence-corrected chi connectivity index (χ3v) is 3.80. The van der Waals surface area contributed by atoms with Gasteiger partial charge in [-0.25, -0.2) is 0 Å². The maximum absolute atomic E-state index is 12.0. The van der Waals surface area contributed by atoms with E-state index in [1.807, 2.05) is 18.2 Å². The van der Waals surface area contributed by atoms with E-state index < -0.39 is 0 Å². The molecule has 17 heavy (non-hydrogen) atoms. The van der Waals surface area contributed by atoms with Crippen LogP contribution in [0.25, 0.3) is 10.9 Å². The average molecular weight is 220 g/mol. The number of benzene rings is 1. The van der Waals surface area contributed by atoms with Crippen molar-refractivity contribution in [3.8, 4) is 0 Å². The van der Waals surface area contributed by atoms with Gasteiger partial charge in [-0.15, -0.1) is 0 Å². The first-order valence-corrected chi connectivity index (χ1v) is 5.71. The molecule has 4 heteroatoms. The van der Waals surface area contributed by atoms with E-state index in [1.54, 1.807) is 6.20 Å². The monoisotopic (exact) mass is 220 g/mol. The first-order valence-electron chi connectivity index (χ1n) is 5.71. The third kappa shape index (κ3) is 1.03. The Hall–Kier alpha value is -1.84. The molecule has 0 unspecified atom stereocenters. The van der Waals surface area contributed by atoms with Gasteiger partial charge in [0.2, 0.25) is 5.91 Å². The van der Waals surface area contributed by atoms with Crippen molar-refractivity contribution in [3.05, 3.63) is 30.0 Å². The van der Waals surface area contributed by atoms with Crippen molar-refractivity contribution in [2.24, 2.45) is 0 Å². The molecule has 2 aromatic rings. The van der Waals surface area contributed by atoms with E-state index in [2.05, 4.69) is 10.3 Å². The summed E-state index contributed by atoms with van der Waals surface area (Å²) in [4.78, 5) is 16.3. The number of carbonyl (C=O) groups is 1. The predicted octanol–water partition coefficient (Wildman–Crippen LogP) is 1.01. The molecule has 1 amide bonds. The van der Waals surface area contributed by atoms with Gasteiger partial charge < -0.3 is 5.32 Å². The Balaban J connectivity index is 2.14. The van der Waals surface area contributed by atoms with Crippen LogP contribution < -0.4 is 10.8 Å². The molecule has 1 aromatic carbocycles. The summed E-state index contributed by atoms with van der Waals surface area (Å²) in [6, 6.07) is 5.66. The molecule has 0 atom stereocenters. The summed E-state index contributed by atoms with van der Waals surface area (Å²) in [6.45, 7) is 0. The zero-order valence-electron chi connectivity index (χ0n) is 9.16. The van der Waals surface area contributed by atoms with Gasteiger partial charge in [0.25, 0.3) is 0 Å². The van der Waals surface area contributed by atoms with Gasteiger partial charge in [-0.1, -0.05) is 17.6 Å². The highest BCUT2D eigenvalue weighted by atomic mass is 16.2. The minimum absolute atomic E-state index is 0.115. The van der Waals surface area contributed by atoms with Crippen molar-refractivity contribution in [2.75, 3.05) is 5.32 Å². The topological polar surface area (TPSA) is 42.0 Å². The van der Waals surface area contributed by atoms with Crippen LogP contribution >= 0.6 is 0 Å². The predicted molar refractivity (Wildman–Crippen MR) is 66.7 cm³/mol. The lowest BCUT2D eigenvalue weighted by Gasteiger charge is -2.09. The molecule has 0 saturated heterocycles. The molecule has 1 N–H and O–H groups in total. The first kappa shape index (κ1) is 9.22. The summed E-state index contributed by atoms with van der Waals surface area (Å²) >= 11 is 0. The molecule has 1 spiro atoms. The number of carbonyl (C=O) groups excluding carboxylic acids is 1. The molecule has 1 aliphatic heterocycles. The molecule has 1 aliphatic carbocycles. The van der Waals surface area contributed by atoms with E-state index >= 15 is 0 Å². The summed E-state index contributed by atoms with van der Waals surface area (Å²) in [5.74, 6) is 0.115. The fraction of sp³-hybridized carbons (Fsp3) is 0.231. The number of nitrogens with one attached hydrogen (secondary N) is 1. The summed E-state index contributed by atoms with van der Waals surface area (Å²) in [5, 5.41) is 3.93. The molecule has 0 bridgehead atoms. The lowest BCUT2D eigenvalue weighted by molar-refractivity contribution is -0.117. The molecular weight excluding hydrogens is 211 g/mol. The molecule has 1 saturated carbocycles. The summed E-state index contributed by atoms with van der Waals surface area (Å²) < 4.78 is 0. The van der Waals surface area contributed by atoms with E-state index in [4.69, 9.17) is 7.85 Å². The summed E-state index contributed by atoms with van der Waals surface area (Å²) in [6.07, 6.45) is 3.61. The Morgan fingerprint density at radius 3 is 2.94 bits per heavy atom. The molecule has 2 heterocycles. The van der Waals surface area contributed by atoms with Gasteiger partial charge in [0, 0.05) is 10.9 Å². The van der Waals surface area contributed by atoms with Gasteiger partial charge >= 0.3 is 0 Å². The van der Waals surface area contributed by atoms with Crippen LogP contribution in [0.15, 0.2) is 24.4 Å². The Morgan fingerprint density at radius 2 is 2.18 bits per heavy atom. The number of pyridine rings is 1. The lowest BCUT2D eigenvalue weighted by atomic mass is 9.89. The van der Waals surface area contributed by atoms with Crippen LogP contribution in [-0.2, 0) is 10.2 Å². The van der Waals surface area contributed by atoms with Crippen molar-refractivity contribution >= 4 is 35.8 Å². The number of hydrogen-bond donors (Lipinski definition) is 1.